The van der Waals surface area contributed by atoms with Crippen LogP contribution in [0, 0.1) is 11.8 Å². The second-order valence-electron chi connectivity index (χ2n) is 13.0. The quantitative estimate of drug-likeness (QED) is 0.131. The fourth-order valence-electron chi connectivity index (χ4n) is 6.02. The van der Waals surface area contributed by atoms with Crippen molar-refractivity contribution in [1.29, 1.82) is 0 Å². The number of nitrogens with two attached hydrogens (primary N) is 2. The number of carboxylic acids is 1. The summed E-state index contributed by atoms with van der Waals surface area (Å²) in [5.74, 6) is -5.64. The van der Waals surface area contributed by atoms with Crippen LogP contribution >= 0.6 is 0 Å². The van der Waals surface area contributed by atoms with Gasteiger partial charge in [-0.1, -0.05) is 58.0 Å². The van der Waals surface area contributed by atoms with Gasteiger partial charge in [-0.25, -0.2) is 9.78 Å². The van der Waals surface area contributed by atoms with Crippen molar-refractivity contribution >= 4 is 47.4 Å². The third-order valence-corrected chi connectivity index (χ3v) is 8.35. The molecule has 4 atom stereocenters. The Hall–Kier alpha value is -5.54. The molecule has 3 rings (SSSR count). The number of pyridine rings is 1. The van der Waals surface area contributed by atoms with Crippen LogP contribution in [0.25, 0.3) is 0 Å². The number of aromatic nitrogens is 1. The maximum atomic E-state index is 14.2. The average Bonchev–Trinajstić information content (AvgIpc) is 3.49. The molecule has 0 bridgehead atoms. The molecular formula is C34H46N8O8. The van der Waals surface area contributed by atoms with Gasteiger partial charge in [0, 0.05) is 12.7 Å². The number of carbonyl (C=O) groups is 7. The molecule has 2 heterocycles. The fourth-order valence-corrected chi connectivity index (χ4v) is 6.02. The second kappa shape index (κ2) is 17.2. The van der Waals surface area contributed by atoms with Crippen LogP contribution in [0.15, 0.2) is 48.7 Å². The van der Waals surface area contributed by atoms with E-state index in [1.54, 1.807) is 38.1 Å². The van der Waals surface area contributed by atoms with Crippen LogP contribution in [0.4, 0.5) is 10.6 Å². The minimum Gasteiger partial charge on any atom is -0.481 e. The summed E-state index contributed by atoms with van der Waals surface area (Å²) >= 11 is 0. The number of benzene rings is 1. The molecule has 16 nitrogen and oxygen atoms in total. The van der Waals surface area contributed by atoms with E-state index in [9.17, 15) is 38.7 Å². The molecule has 9 N–H and O–H groups in total. The van der Waals surface area contributed by atoms with Crippen LogP contribution in [0.2, 0.25) is 0 Å². The van der Waals surface area contributed by atoms with E-state index in [1.807, 2.05) is 19.9 Å². The first-order valence-corrected chi connectivity index (χ1v) is 16.3. The highest BCUT2D eigenvalue weighted by atomic mass is 16.4. The van der Waals surface area contributed by atoms with Gasteiger partial charge >= 0.3 is 12.0 Å². The van der Waals surface area contributed by atoms with Crippen molar-refractivity contribution in [2.75, 3.05) is 11.9 Å². The van der Waals surface area contributed by atoms with Crippen molar-refractivity contribution in [3.05, 3.63) is 59.8 Å². The third kappa shape index (κ3) is 9.99. The number of likely N-dealkylation sites (tertiary alicyclic amines) is 1. The lowest BCUT2D eigenvalue weighted by Crippen LogP contribution is -2.62. The number of aliphatic carboxylic acids is 1. The van der Waals surface area contributed by atoms with E-state index in [1.165, 1.54) is 23.2 Å². The standard InChI is InChI=1S/C34H46N8O8/c1-19(2)15-23(38-26(43)16-21-9-6-5-7-10-21)29(46)39-24(18-27(44)45)30(47)41-28(20(3)4)31(48)42-14-8-12-34(42,32(35)49)22-11-13-37-25(17-22)40-33(36)50/h5-7,9-11,13,17,19-20,23-24,28H,8,12,14-16,18H2,1-4H3,(H2,35,49)(H,38,43)(H,39,46)(H,41,47)(H,44,45)(H3,36,37,40,50)/t23-,24-,28-,34-/m0/s1. The number of nitrogens with one attached hydrogen (secondary N) is 4. The zero-order valence-electron chi connectivity index (χ0n) is 28.6. The molecule has 1 aromatic heterocycles. The summed E-state index contributed by atoms with van der Waals surface area (Å²) in [6.45, 7) is 7.08. The number of carboxylic acid groups (broad SMARTS) is 1. The molecule has 16 heteroatoms. The molecule has 0 aliphatic carbocycles. The van der Waals surface area contributed by atoms with Crippen molar-refractivity contribution in [1.82, 2.24) is 25.8 Å². The SMILES string of the molecule is CC(C)C[C@H](NC(=O)Cc1ccccc1)C(=O)N[C@@H](CC(=O)O)C(=O)N[C@H](C(=O)N1CCC[C@@]1(C(N)=O)c1ccnc(NC(N)=O)c1)C(C)C. The summed E-state index contributed by atoms with van der Waals surface area (Å²) in [6, 6.07) is 6.92. The molecule has 0 saturated carbocycles. The van der Waals surface area contributed by atoms with Crippen LogP contribution in [0.1, 0.15) is 64.5 Å². The van der Waals surface area contributed by atoms with E-state index >= 15 is 0 Å². The van der Waals surface area contributed by atoms with Crippen molar-refractivity contribution in [2.24, 2.45) is 23.3 Å². The molecule has 1 aliphatic heterocycles. The molecule has 1 saturated heterocycles. The van der Waals surface area contributed by atoms with Crippen molar-refractivity contribution in [2.45, 2.75) is 83.5 Å². The van der Waals surface area contributed by atoms with Crippen LogP contribution in [0.3, 0.4) is 0 Å². The van der Waals surface area contributed by atoms with E-state index in [-0.39, 0.29) is 43.1 Å². The molecule has 0 radical (unpaired) electrons. The van der Waals surface area contributed by atoms with Gasteiger partial charge in [0.2, 0.25) is 29.5 Å². The van der Waals surface area contributed by atoms with Gasteiger partial charge in [0.05, 0.1) is 12.8 Å². The van der Waals surface area contributed by atoms with Crippen LogP contribution in [0.5, 0.6) is 0 Å². The Morgan fingerprint density at radius 2 is 1.58 bits per heavy atom. The second-order valence-corrected chi connectivity index (χ2v) is 13.0. The Labute approximate surface area is 290 Å². The molecule has 0 unspecified atom stereocenters. The van der Waals surface area contributed by atoms with Gasteiger partial charge < -0.3 is 37.4 Å². The molecule has 270 valence electrons. The molecule has 7 amide bonds. The van der Waals surface area contributed by atoms with Gasteiger partial charge in [-0.2, -0.15) is 0 Å². The Bertz CT molecular complexity index is 1580. The first-order valence-electron chi connectivity index (χ1n) is 16.3. The molecular weight excluding hydrogens is 648 g/mol. The van der Waals surface area contributed by atoms with E-state index in [2.05, 4.69) is 26.3 Å². The van der Waals surface area contributed by atoms with Gasteiger partial charge in [0.1, 0.15) is 29.5 Å². The number of urea groups is 1. The molecule has 2 aromatic rings. The van der Waals surface area contributed by atoms with Gasteiger partial charge in [-0.15, -0.1) is 0 Å². The summed E-state index contributed by atoms with van der Waals surface area (Å²) < 4.78 is 0. The Balaban J connectivity index is 1.85. The maximum absolute atomic E-state index is 14.2. The highest BCUT2D eigenvalue weighted by Crippen LogP contribution is 2.40. The van der Waals surface area contributed by atoms with Crippen LogP contribution in [-0.2, 0) is 40.7 Å². The zero-order valence-corrected chi connectivity index (χ0v) is 28.6. The highest BCUT2D eigenvalue weighted by molar-refractivity contribution is 5.98. The number of hydrogen-bond donors (Lipinski definition) is 7. The summed E-state index contributed by atoms with van der Waals surface area (Å²) in [7, 11) is 0. The largest absolute Gasteiger partial charge is 0.481 e. The monoisotopic (exact) mass is 694 g/mol. The van der Waals surface area contributed by atoms with E-state index in [0.717, 1.165) is 5.56 Å². The van der Waals surface area contributed by atoms with E-state index < -0.39 is 77.5 Å². The topological polar surface area (TPSA) is 256 Å². The average molecular weight is 695 g/mol. The van der Waals surface area contributed by atoms with Gasteiger partial charge in [0.15, 0.2) is 0 Å². The molecule has 1 fully saturated rings. The third-order valence-electron chi connectivity index (χ3n) is 8.35. The Morgan fingerprint density at radius 1 is 0.920 bits per heavy atom. The zero-order chi connectivity index (χ0) is 37.2. The Kier molecular flexibility index (Phi) is 13.4. The minimum atomic E-state index is -1.66. The van der Waals surface area contributed by atoms with Gasteiger partial charge in [0.25, 0.3) is 0 Å². The predicted octanol–water partition coefficient (Wildman–Crippen LogP) is 0.749. The first kappa shape index (κ1) is 38.9. The number of carbonyl (C=O) groups excluding carboxylic acids is 6. The van der Waals surface area contributed by atoms with E-state index in [4.69, 9.17) is 11.5 Å². The summed E-state index contributed by atoms with van der Waals surface area (Å²) in [5.41, 5.74) is 10.5. The number of primary amides is 2. The van der Waals surface area contributed by atoms with Gasteiger partial charge in [-0.05, 0) is 54.4 Å². The molecule has 1 aromatic carbocycles. The smallest absolute Gasteiger partial charge is 0.317 e. The van der Waals surface area contributed by atoms with Crippen molar-refractivity contribution < 1.29 is 38.7 Å². The Morgan fingerprint density at radius 3 is 2.16 bits per heavy atom. The number of nitrogens with zero attached hydrogens (tertiary/aromatic N) is 2. The first-order chi connectivity index (χ1) is 23.5. The minimum absolute atomic E-state index is 0.00565. The fraction of sp³-hybridized carbons (Fsp3) is 0.471. The lowest BCUT2D eigenvalue weighted by Gasteiger charge is -2.39. The predicted molar refractivity (Wildman–Crippen MR) is 182 cm³/mol. The normalized spacial score (nSPS) is 17.4. The summed E-state index contributed by atoms with van der Waals surface area (Å²) in [4.78, 5) is 95.8. The highest BCUT2D eigenvalue weighted by Gasteiger charge is 2.52. The maximum Gasteiger partial charge on any atom is 0.317 e. The number of hydrogen-bond acceptors (Lipinski definition) is 8. The number of rotatable bonds is 16. The molecule has 1 aliphatic rings. The number of amides is 7. The van der Waals surface area contributed by atoms with Gasteiger partial charge in [-0.3, -0.25) is 34.1 Å². The lowest BCUT2D eigenvalue weighted by molar-refractivity contribution is -0.148. The number of anilines is 1. The summed E-state index contributed by atoms with van der Waals surface area (Å²) in [6.07, 6.45) is 1.23. The van der Waals surface area contributed by atoms with Crippen molar-refractivity contribution in [3.8, 4) is 0 Å². The molecule has 50 heavy (non-hydrogen) atoms. The van der Waals surface area contributed by atoms with Crippen LogP contribution < -0.4 is 32.7 Å². The molecule has 0 spiro atoms. The van der Waals surface area contributed by atoms with E-state index in [0.29, 0.717) is 6.42 Å². The van der Waals surface area contributed by atoms with Crippen LogP contribution in [-0.4, -0.2) is 81.2 Å². The van der Waals surface area contributed by atoms with Crippen molar-refractivity contribution in [3.63, 3.8) is 0 Å². The lowest BCUT2D eigenvalue weighted by atomic mass is 9.86. The summed E-state index contributed by atoms with van der Waals surface area (Å²) in [5, 5.41) is 19.7.